The second-order valence-electron chi connectivity index (χ2n) is 7.37. The first kappa shape index (κ1) is 22.7. The highest BCUT2D eigenvalue weighted by Gasteiger charge is 2.21. The number of rotatable bonds is 7. The van der Waals surface area contributed by atoms with Crippen molar-refractivity contribution in [3.8, 4) is 10.9 Å². The number of pyridine rings is 1. The molecule has 0 fully saturated rings. The number of methoxy groups -OCH3 is 1. The summed E-state index contributed by atoms with van der Waals surface area (Å²) >= 11 is 7.70. The molecule has 0 saturated carbocycles. The summed E-state index contributed by atoms with van der Waals surface area (Å²) in [5, 5.41) is 11.7. The van der Waals surface area contributed by atoms with Crippen molar-refractivity contribution < 1.29 is 4.74 Å². The van der Waals surface area contributed by atoms with Crippen LogP contribution in [0.5, 0.6) is 5.19 Å². The van der Waals surface area contributed by atoms with E-state index in [1.165, 1.54) is 24.7 Å². The van der Waals surface area contributed by atoms with Gasteiger partial charge in [0, 0.05) is 17.3 Å². The lowest BCUT2D eigenvalue weighted by atomic mass is 10.1. The molecular formula is C24H22ClN5O2S. The summed E-state index contributed by atoms with van der Waals surface area (Å²) in [5.41, 5.74) is 8.04. The zero-order valence-electron chi connectivity index (χ0n) is 18.0. The van der Waals surface area contributed by atoms with Gasteiger partial charge in [0.05, 0.1) is 40.9 Å². The van der Waals surface area contributed by atoms with Crippen LogP contribution in [-0.2, 0) is 0 Å². The van der Waals surface area contributed by atoms with Crippen LogP contribution in [0.4, 0.5) is 0 Å². The van der Waals surface area contributed by atoms with Gasteiger partial charge in [-0.3, -0.25) is 14.4 Å². The van der Waals surface area contributed by atoms with E-state index in [2.05, 4.69) is 9.98 Å². The molecule has 7 nitrogen and oxygen atoms in total. The van der Waals surface area contributed by atoms with Crippen molar-refractivity contribution >= 4 is 45.8 Å². The lowest BCUT2D eigenvalue weighted by molar-refractivity contribution is 0.411. The molecule has 0 bridgehead atoms. The Bertz CT molecular complexity index is 1400. The average molecular weight is 480 g/mol. The van der Waals surface area contributed by atoms with Crippen molar-refractivity contribution in [1.82, 2.24) is 9.55 Å². The van der Waals surface area contributed by atoms with E-state index < -0.39 is 12.0 Å². The van der Waals surface area contributed by atoms with Crippen LogP contribution in [0.25, 0.3) is 16.5 Å². The molecule has 0 aliphatic rings. The first-order chi connectivity index (χ1) is 15.9. The molecule has 2 heterocycles. The molecule has 4 aromatic rings. The van der Waals surface area contributed by atoms with Crippen molar-refractivity contribution in [1.29, 1.82) is 5.41 Å². The SMILES string of the molecule is COc1nc(C(C=N)C(N)=NC(C)c2cc3cccc(Cl)c3c(=O)n2-c2ccccc2)cs1. The molecule has 0 amide bonds. The minimum absolute atomic E-state index is 0.226. The Balaban J connectivity index is 1.86. The third kappa shape index (κ3) is 4.40. The number of amidine groups is 1. The number of aromatic nitrogens is 2. The van der Waals surface area contributed by atoms with Gasteiger partial charge in [-0.15, -0.1) is 0 Å². The van der Waals surface area contributed by atoms with Crippen LogP contribution >= 0.6 is 22.9 Å². The number of nitrogens with two attached hydrogens (primary N) is 1. The molecule has 0 spiro atoms. The summed E-state index contributed by atoms with van der Waals surface area (Å²) in [4.78, 5) is 22.6. The Labute approximate surface area is 199 Å². The van der Waals surface area contributed by atoms with E-state index >= 15 is 0 Å². The zero-order chi connectivity index (χ0) is 23.5. The summed E-state index contributed by atoms with van der Waals surface area (Å²) in [6, 6.07) is 16.1. The number of fused-ring (bicyclic) bond motifs is 1. The van der Waals surface area contributed by atoms with E-state index in [1.807, 2.05) is 55.5 Å². The van der Waals surface area contributed by atoms with Gasteiger partial charge >= 0.3 is 0 Å². The summed E-state index contributed by atoms with van der Waals surface area (Å²) in [5.74, 6) is -0.372. The maximum atomic E-state index is 13.5. The standard InChI is InChI=1S/C24H22ClN5O2S/c1-14(28-22(27)17(12-26)19-13-33-24(29-19)32-2)20-11-15-7-6-10-18(25)21(15)23(31)30(20)16-8-4-3-5-9-16/h3-14,17,26H,1-2H3,(H2,27,28). The molecule has 2 aromatic heterocycles. The fourth-order valence-electron chi connectivity index (χ4n) is 3.69. The van der Waals surface area contributed by atoms with Crippen LogP contribution in [0, 0.1) is 5.41 Å². The molecule has 3 N–H and O–H groups in total. The van der Waals surface area contributed by atoms with E-state index in [0.717, 1.165) is 5.39 Å². The van der Waals surface area contributed by atoms with Gasteiger partial charge in [-0.25, -0.2) is 4.98 Å². The van der Waals surface area contributed by atoms with Gasteiger partial charge in [0.1, 0.15) is 5.84 Å². The highest BCUT2D eigenvalue weighted by molar-refractivity contribution is 7.11. The molecule has 2 atom stereocenters. The highest BCUT2D eigenvalue weighted by Crippen LogP contribution is 2.28. The molecule has 0 aliphatic heterocycles. The fraction of sp³-hybridized carbons (Fsp3) is 0.167. The zero-order valence-corrected chi connectivity index (χ0v) is 19.6. The summed E-state index contributed by atoms with van der Waals surface area (Å²) in [6.45, 7) is 1.86. The van der Waals surface area contributed by atoms with Crippen molar-refractivity contribution in [2.75, 3.05) is 7.11 Å². The average Bonchev–Trinajstić information content (AvgIpc) is 3.28. The topological polar surface area (TPSA) is 106 Å². The van der Waals surface area contributed by atoms with Gasteiger partial charge in [-0.2, -0.15) is 0 Å². The molecule has 9 heteroatoms. The van der Waals surface area contributed by atoms with Crippen LogP contribution in [0.1, 0.15) is 30.3 Å². The Morgan fingerprint density at radius 1 is 1.27 bits per heavy atom. The minimum Gasteiger partial charge on any atom is -0.473 e. The van der Waals surface area contributed by atoms with Gasteiger partial charge in [-0.05, 0) is 36.6 Å². The number of hydrogen-bond donors (Lipinski definition) is 2. The lowest BCUT2D eigenvalue weighted by Crippen LogP contribution is -2.26. The second-order valence-corrected chi connectivity index (χ2v) is 8.59. The van der Waals surface area contributed by atoms with Gasteiger partial charge in [-0.1, -0.05) is 53.3 Å². The van der Waals surface area contributed by atoms with Gasteiger partial charge in [0.2, 0.25) is 0 Å². The number of ether oxygens (including phenoxy) is 1. The molecule has 2 aromatic carbocycles. The quantitative estimate of drug-likeness (QED) is 0.288. The summed E-state index contributed by atoms with van der Waals surface area (Å²) in [6.07, 6.45) is 1.20. The van der Waals surface area contributed by atoms with Crippen LogP contribution in [0.15, 0.2) is 69.8 Å². The summed E-state index contributed by atoms with van der Waals surface area (Å²) < 4.78 is 6.76. The number of aliphatic imine (C=N–C) groups is 1. The smallest absolute Gasteiger partial charge is 0.273 e. The second kappa shape index (κ2) is 9.56. The highest BCUT2D eigenvalue weighted by atomic mass is 35.5. The van der Waals surface area contributed by atoms with Crippen molar-refractivity contribution in [3.63, 3.8) is 0 Å². The number of para-hydroxylation sites is 1. The fourth-order valence-corrected chi connectivity index (χ4v) is 4.63. The number of halogens is 1. The van der Waals surface area contributed by atoms with Crippen LogP contribution in [0.3, 0.4) is 0 Å². The third-order valence-corrected chi connectivity index (χ3v) is 6.42. The van der Waals surface area contributed by atoms with Crippen molar-refractivity contribution in [2.45, 2.75) is 18.9 Å². The minimum atomic E-state index is -0.598. The molecule has 2 unspecified atom stereocenters. The number of hydrogen-bond acceptors (Lipinski definition) is 6. The Morgan fingerprint density at radius 3 is 2.70 bits per heavy atom. The molecule has 0 radical (unpaired) electrons. The Kier molecular flexibility index (Phi) is 6.57. The first-order valence-corrected chi connectivity index (χ1v) is 11.4. The van der Waals surface area contributed by atoms with Gasteiger partial charge in [0.25, 0.3) is 10.8 Å². The van der Waals surface area contributed by atoms with E-state index in [9.17, 15) is 4.79 Å². The van der Waals surface area contributed by atoms with E-state index in [0.29, 0.717) is 32.7 Å². The Hall–Kier alpha value is -3.49. The maximum absolute atomic E-state index is 13.5. The monoisotopic (exact) mass is 479 g/mol. The van der Waals surface area contributed by atoms with Gasteiger partial charge in [0.15, 0.2) is 0 Å². The van der Waals surface area contributed by atoms with E-state index in [-0.39, 0.29) is 11.4 Å². The number of benzene rings is 2. The molecular weight excluding hydrogens is 458 g/mol. The van der Waals surface area contributed by atoms with Crippen LogP contribution in [-0.4, -0.2) is 28.7 Å². The molecule has 0 aliphatic carbocycles. The first-order valence-electron chi connectivity index (χ1n) is 10.2. The predicted octanol–water partition coefficient (Wildman–Crippen LogP) is 4.96. The molecule has 168 valence electrons. The van der Waals surface area contributed by atoms with Crippen molar-refractivity contribution in [3.05, 3.63) is 86.7 Å². The lowest BCUT2D eigenvalue weighted by Gasteiger charge is -2.19. The third-order valence-electron chi connectivity index (χ3n) is 5.29. The van der Waals surface area contributed by atoms with Crippen LogP contribution < -0.4 is 16.0 Å². The largest absolute Gasteiger partial charge is 0.473 e. The van der Waals surface area contributed by atoms with E-state index in [4.69, 9.17) is 27.5 Å². The Morgan fingerprint density at radius 2 is 2.03 bits per heavy atom. The number of nitrogens with zero attached hydrogens (tertiary/aromatic N) is 3. The number of thiazole rings is 1. The predicted molar refractivity (Wildman–Crippen MR) is 135 cm³/mol. The maximum Gasteiger partial charge on any atom is 0.273 e. The molecule has 4 rings (SSSR count). The van der Waals surface area contributed by atoms with E-state index in [1.54, 1.807) is 16.0 Å². The van der Waals surface area contributed by atoms with Gasteiger partial charge < -0.3 is 15.9 Å². The normalized spacial score (nSPS) is 13.6. The molecule has 0 saturated heterocycles. The number of nitrogens with one attached hydrogen (secondary N) is 1. The summed E-state index contributed by atoms with van der Waals surface area (Å²) in [7, 11) is 1.54. The van der Waals surface area contributed by atoms with Crippen LogP contribution in [0.2, 0.25) is 5.02 Å². The van der Waals surface area contributed by atoms with Crippen molar-refractivity contribution in [2.24, 2.45) is 10.7 Å². The molecule has 33 heavy (non-hydrogen) atoms.